The molecule has 1 aliphatic heterocycles. The summed E-state index contributed by atoms with van der Waals surface area (Å²) in [6.07, 6.45) is 1.04. The molecule has 3 aromatic rings. The Morgan fingerprint density at radius 1 is 1.38 bits per heavy atom. The third-order valence-electron chi connectivity index (χ3n) is 6.15. The first-order valence-corrected chi connectivity index (χ1v) is 13.1. The molecule has 1 saturated heterocycles. The quantitative estimate of drug-likeness (QED) is 0.322. The fraction of sp³-hybridized carbons (Fsp3) is 0.375. The number of rotatable bonds is 6. The van der Waals surface area contributed by atoms with Gasteiger partial charge in [-0.1, -0.05) is 9.24 Å². The van der Waals surface area contributed by atoms with E-state index in [4.69, 9.17) is 14.2 Å². The van der Waals surface area contributed by atoms with Crippen molar-refractivity contribution in [1.29, 1.82) is 0 Å². The van der Waals surface area contributed by atoms with Crippen LogP contribution in [0.1, 0.15) is 27.5 Å². The molecule has 0 radical (unpaired) electrons. The monoisotopic (exact) mass is 646 g/mol. The number of halogens is 3. The van der Waals surface area contributed by atoms with Gasteiger partial charge in [-0.15, -0.1) is 0 Å². The van der Waals surface area contributed by atoms with E-state index in [2.05, 4.69) is 19.5 Å². The van der Waals surface area contributed by atoms with Crippen molar-refractivity contribution < 1.29 is 32.6 Å². The highest BCUT2D eigenvalue weighted by molar-refractivity contribution is 14.1. The molecule has 9 nitrogen and oxygen atoms in total. The van der Waals surface area contributed by atoms with E-state index in [0.29, 0.717) is 33.6 Å². The highest BCUT2D eigenvalue weighted by Gasteiger charge is 2.31. The molecule has 0 aliphatic carbocycles. The Morgan fingerprint density at radius 2 is 2.14 bits per heavy atom. The fourth-order valence-electron chi connectivity index (χ4n) is 4.35. The molecule has 1 aliphatic rings. The van der Waals surface area contributed by atoms with Crippen LogP contribution in [0.5, 0.6) is 5.75 Å². The van der Waals surface area contributed by atoms with Crippen molar-refractivity contribution in [2.45, 2.75) is 18.4 Å². The largest absolute Gasteiger partial charge is 0.495 e. The normalized spacial score (nSPS) is 16.5. The summed E-state index contributed by atoms with van der Waals surface area (Å²) in [5, 5.41) is 2.50. The van der Waals surface area contributed by atoms with Crippen LogP contribution < -0.4 is 10.1 Å². The Bertz CT molecular complexity index is 1350. The van der Waals surface area contributed by atoms with Gasteiger partial charge < -0.3 is 28.8 Å². The third kappa shape index (κ3) is 5.37. The summed E-state index contributed by atoms with van der Waals surface area (Å²) in [6.45, 7) is 0.964. The number of imidazole rings is 1. The van der Waals surface area contributed by atoms with Crippen molar-refractivity contribution in [2.75, 3.05) is 41.0 Å². The number of aromatic nitrogens is 2. The van der Waals surface area contributed by atoms with Crippen LogP contribution in [0.3, 0.4) is 0 Å². The van der Waals surface area contributed by atoms with Crippen LogP contribution in [0, 0.1) is 9.39 Å². The zero-order valence-electron chi connectivity index (χ0n) is 20.4. The Hall–Kier alpha value is -2.57. The lowest BCUT2D eigenvalue weighted by Gasteiger charge is -2.32. The first-order valence-electron chi connectivity index (χ1n) is 11.3. The molecule has 0 saturated carbocycles. The standard InChI is InChI=1S/C24H26F2IN4O5P/c1-28-23(32)14-10-15(25)18(21(34-2)19(14)27)20-16(9-13-11-30(6-7-36-13)24(33)35-3)31-5-4-12(22(26)37)8-17(31)29-20/h4-5,8,10,13,22H,6-7,9,11,37H2,1-3H3,(H,28,32)/t13-,22?/m0/s1. The lowest BCUT2D eigenvalue weighted by molar-refractivity contribution is -0.0241. The van der Waals surface area contributed by atoms with Crippen LogP contribution >= 0.6 is 31.8 Å². The van der Waals surface area contributed by atoms with Gasteiger partial charge in [0.15, 0.2) is 0 Å². The average molecular weight is 646 g/mol. The van der Waals surface area contributed by atoms with E-state index in [1.54, 1.807) is 27.6 Å². The maximum absolute atomic E-state index is 15.7. The average Bonchev–Trinajstić information content (AvgIpc) is 3.25. The maximum atomic E-state index is 15.7. The van der Waals surface area contributed by atoms with Gasteiger partial charge in [-0.25, -0.2) is 18.6 Å². The molecule has 37 heavy (non-hydrogen) atoms. The predicted octanol–water partition coefficient (Wildman–Crippen LogP) is 3.97. The van der Waals surface area contributed by atoms with Crippen molar-refractivity contribution in [3.05, 3.63) is 50.6 Å². The number of pyridine rings is 1. The molecule has 3 atom stereocenters. The zero-order chi connectivity index (χ0) is 26.9. The number of amides is 2. The van der Waals surface area contributed by atoms with Gasteiger partial charge in [0.2, 0.25) is 0 Å². The number of alkyl halides is 1. The van der Waals surface area contributed by atoms with Gasteiger partial charge in [0, 0.05) is 26.2 Å². The highest BCUT2D eigenvalue weighted by Crippen LogP contribution is 2.40. The lowest BCUT2D eigenvalue weighted by Crippen LogP contribution is -2.46. The minimum Gasteiger partial charge on any atom is -0.495 e. The first-order chi connectivity index (χ1) is 17.7. The van der Waals surface area contributed by atoms with Gasteiger partial charge in [0.25, 0.3) is 5.91 Å². The van der Waals surface area contributed by atoms with Crippen LogP contribution in [0.15, 0.2) is 24.4 Å². The summed E-state index contributed by atoms with van der Waals surface area (Å²) >= 11 is 1.94. The van der Waals surface area contributed by atoms with Crippen molar-refractivity contribution >= 4 is 49.5 Å². The number of hydrogen-bond acceptors (Lipinski definition) is 6. The van der Waals surface area contributed by atoms with E-state index in [-0.39, 0.29) is 35.5 Å². The number of hydrogen-bond donors (Lipinski definition) is 1. The van der Waals surface area contributed by atoms with E-state index in [9.17, 15) is 14.0 Å². The van der Waals surface area contributed by atoms with Crippen molar-refractivity contribution in [3.8, 4) is 17.0 Å². The van der Waals surface area contributed by atoms with Crippen LogP contribution in [0.2, 0.25) is 0 Å². The molecule has 0 bridgehead atoms. The Labute approximate surface area is 228 Å². The Balaban J connectivity index is 1.89. The second-order valence-electron chi connectivity index (χ2n) is 8.32. The number of fused-ring (bicyclic) bond motifs is 1. The van der Waals surface area contributed by atoms with E-state index in [1.165, 1.54) is 21.3 Å². The van der Waals surface area contributed by atoms with Gasteiger partial charge in [-0.05, 0) is 46.4 Å². The summed E-state index contributed by atoms with van der Waals surface area (Å²) < 4.78 is 48.2. The molecule has 198 valence electrons. The van der Waals surface area contributed by atoms with Crippen LogP contribution in [-0.4, -0.2) is 73.4 Å². The van der Waals surface area contributed by atoms with Gasteiger partial charge in [0.1, 0.15) is 23.1 Å². The minimum absolute atomic E-state index is 0.0723. The van der Waals surface area contributed by atoms with Crippen molar-refractivity contribution in [3.63, 3.8) is 0 Å². The highest BCUT2D eigenvalue weighted by atomic mass is 127. The Morgan fingerprint density at radius 3 is 2.78 bits per heavy atom. The number of carbonyl (C=O) groups is 2. The summed E-state index contributed by atoms with van der Waals surface area (Å²) in [4.78, 5) is 30.6. The molecule has 0 spiro atoms. The van der Waals surface area contributed by atoms with Crippen molar-refractivity contribution in [1.82, 2.24) is 19.6 Å². The molecular weight excluding hydrogens is 620 g/mol. The smallest absolute Gasteiger partial charge is 0.409 e. The van der Waals surface area contributed by atoms with Crippen LogP contribution in [-0.2, 0) is 15.9 Å². The summed E-state index contributed by atoms with van der Waals surface area (Å²) in [6, 6.07) is 4.35. The lowest BCUT2D eigenvalue weighted by atomic mass is 10.0. The third-order valence-corrected chi connectivity index (χ3v) is 7.60. The molecule has 3 heterocycles. The van der Waals surface area contributed by atoms with Crippen LogP contribution in [0.4, 0.5) is 13.6 Å². The second kappa shape index (κ2) is 11.4. The van der Waals surface area contributed by atoms with E-state index < -0.39 is 29.8 Å². The first kappa shape index (κ1) is 27.5. The summed E-state index contributed by atoms with van der Waals surface area (Å²) in [5.74, 6) is -2.31. The van der Waals surface area contributed by atoms with Gasteiger partial charge >= 0.3 is 6.09 Å². The summed E-state index contributed by atoms with van der Waals surface area (Å²) in [7, 11) is 6.26. The number of methoxy groups -OCH3 is 2. The number of carbonyl (C=O) groups excluding carboxylic acids is 2. The molecule has 2 unspecified atom stereocenters. The van der Waals surface area contributed by atoms with Gasteiger partial charge in [-0.3, -0.25) is 4.79 Å². The number of ether oxygens (including phenoxy) is 3. The molecule has 1 aromatic carbocycles. The predicted molar refractivity (Wildman–Crippen MR) is 144 cm³/mol. The molecule has 1 fully saturated rings. The zero-order valence-corrected chi connectivity index (χ0v) is 23.7. The molecule has 2 amide bonds. The van der Waals surface area contributed by atoms with E-state index >= 15 is 4.39 Å². The molecule has 4 rings (SSSR count). The van der Waals surface area contributed by atoms with E-state index in [0.717, 1.165) is 6.07 Å². The number of benzene rings is 1. The number of nitrogens with zero attached hydrogens (tertiary/aromatic N) is 3. The molecule has 1 N–H and O–H groups in total. The van der Waals surface area contributed by atoms with Crippen molar-refractivity contribution in [2.24, 2.45) is 0 Å². The summed E-state index contributed by atoms with van der Waals surface area (Å²) in [5.41, 5.74) is 1.84. The molecule has 2 aromatic heterocycles. The molecule has 13 heteroatoms. The molecular formula is C24H26F2IN4O5P. The van der Waals surface area contributed by atoms with Gasteiger partial charge in [-0.2, -0.15) is 0 Å². The Kier molecular flexibility index (Phi) is 8.49. The fourth-order valence-corrected chi connectivity index (χ4v) is 5.44. The maximum Gasteiger partial charge on any atom is 0.409 e. The number of nitrogens with one attached hydrogen (secondary N) is 1. The van der Waals surface area contributed by atoms with E-state index in [1.807, 2.05) is 22.6 Å². The van der Waals surface area contributed by atoms with Gasteiger partial charge in [0.05, 0.1) is 59.6 Å². The second-order valence-corrected chi connectivity index (χ2v) is 9.98. The minimum atomic E-state index is -1.30. The SMILES string of the molecule is CNC(=O)c1cc(F)c(-c2nc3cc(C(F)P)ccn3c2C[C@H]2CN(C(=O)OC)CCO2)c(OC)c1I. The van der Waals surface area contributed by atoms with Crippen LogP contribution in [0.25, 0.3) is 16.9 Å². The topological polar surface area (TPSA) is 94.4 Å². The number of morpholine rings is 1.